The molecular formula is C37H37BrF3N3O4S. The monoisotopic (exact) mass is 755 g/mol. The van der Waals surface area contributed by atoms with Crippen molar-refractivity contribution in [3.05, 3.63) is 130 Å². The molecule has 7 nitrogen and oxygen atoms in total. The molecule has 0 aliphatic heterocycles. The van der Waals surface area contributed by atoms with E-state index >= 15 is 0 Å². The fraction of sp³-hybridized carbons (Fsp3) is 0.297. The molecule has 4 aromatic carbocycles. The van der Waals surface area contributed by atoms with Gasteiger partial charge < -0.3 is 10.2 Å². The number of nitrogens with zero attached hydrogens (tertiary/aromatic N) is 2. The highest BCUT2D eigenvalue weighted by Gasteiger charge is 2.37. The number of alkyl halides is 3. The molecule has 2 amide bonds. The first-order chi connectivity index (χ1) is 23.3. The number of hydrogen-bond acceptors (Lipinski definition) is 4. The first-order valence-corrected chi connectivity index (χ1v) is 18.2. The average molecular weight is 757 g/mol. The molecule has 1 aliphatic carbocycles. The summed E-state index contributed by atoms with van der Waals surface area (Å²) in [6, 6.07) is 24.9. The topological polar surface area (TPSA) is 86.8 Å². The molecule has 4 aromatic rings. The normalized spacial score (nSPS) is 14.3. The third-order valence-corrected chi connectivity index (χ3v) is 10.9. The van der Waals surface area contributed by atoms with Crippen molar-refractivity contribution in [3.8, 4) is 0 Å². The van der Waals surface area contributed by atoms with Gasteiger partial charge >= 0.3 is 6.18 Å². The van der Waals surface area contributed by atoms with E-state index < -0.39 is 40.3 Å². The van der Waals surface area contributed by atoms with Gasteiger partial charge in [-0.2, -0.15) is 13.2 Å². The van der Waals surface area contributed by atoms with Crippen molar-refractivity contribution < 1.29 is 31.2 Å². The second kappa shape index (κ2) is 15.6. The summed E-state index contributed by atoms with van der Waals surface area (Å²) in [5, 5.41) is 3.10. The van der Waals surface area contributed by atoms with Crippen LogP contribution in [0.25, 0.3) is 0 Å². The zero-order valence-electron chi connectivity index (χ0n) is 26.9. The molecule has 12 heteroatoms. The van der Waals surface area contributed by atoms with Crippen molar-refractivity contribution in [2.45, 2.75) is 68.7 Å². The summed E-state index contributed by atoms with van der Waals surface area (Å²) in [4.78, 5) is 29.8. The molecule has 1 saturated carbocycles. The molecule has 1 atom stereocenters. The lowest BCUT2D eigenvalue weighted by Crippen LogP contribution is -2.54. The highest BCUT2D eigenvalue weighted by Crippen LogP contribution is 2.33. The van der Waals surface area contributed by atoms with Crippen molar-refractivity contribution in [2.24, 2.45) is 0 Å². The second-order valence-electron chi connectivity index (χ2n) is 12.2. The standard InChI is InChI=1S/C37H37BrF3N3O4S/c1-26-14-20-33(21-15-26)49(47,48)44(32-13-7-10-29(23-32)37(39,40)41)25-35(45)43(24-28-16-18-30(38)19-17-28)34(22-27-8-3-2-4-9-27)36(46)42-31-11-5-6-12-31/h2-4,7-10,13-21,23,31,34H,5-6,11-12,22,24-25H2,1H3,(H,42,46)/t34-/m0/s1. The van der Waals surface area contributed by atoms with Crippen LogP contribution in [0.3, 0.4) is 0 Å². The van der Waals surface area contributed by atoms with Crippen LogP contribution >= 0.6 is 15.9 Å². The number of halogens is 4. The van der Waals surface area contributed by atoms with E-state index in [-0.39, 0.29) is 35.5 Å². The number of carbonyl (C=O) groups excluding carboxylic acids is 2. The predicted molar refractivity (Wildman–Crippen MR) is 186 cm³/mol. The van der Waals surface area contributed by atoms with Crippen molar-refractivity contribution in [3.63, 3.8) is 0 Å². The van der Waals surface area contributed by atoms with Gasteiger partial charge in [-0.15, -0.1) is 0 Å². The number of aryl methyl sites for hydroxylation is 1. The molecule has 0 heterocycles. The summed E-state index contributed by atoms with van der Waals surface area (Å²) < 4.78 is 71.3. The van der Waals surface area contributed by atoms with Crippen molar-refractivity contribution >= 4 is 43.5 Å². The SMILES string of the molecule is Cc1ccc(S(=O)(=O)N(CC(=O)N(Cc2ccc(Br)cc2)[C@@H](Cc2ccccc2)C(=O)NC2CCCC2)c2cccc(C(F)(F)F)c2)cc1. The van der Waals surface area contributed by atoms with E-state index in [0.717, 1.165) is 53.4 Å². The number of sulfonamides is 1. The van der Waals surface area contributed by atoms with E-state index in [1.807, 2.05) is 30.3 Å². The molecule has 0 spiro atoms. The van der Waals surface area contributed by atoms with Gasteiger partial charge in [0.15, 0.2) is 0 Å². The van der Waals surface area contributed by atoms with Crippen molar-refractivity contribution in [1.82, 2.24) is 10.2 Å². The molecule has 49 heavy (non-hydrogen) atoms. The Morgan fingerprint density at radius 3 is 2.16 bits per heavy atom. The molecule has 1 aliphatic rings. The zero-order chi connectivity index (χ0) is 35.2. The minimum absolute atomic E-state index is 0.0529. The number of nitrogens with one attached hydrogen (secondary N) is 1. The van der Waals surface area contributed by atoms with Gasteiger partial charge in [0.25, 0.3) is 10.0 Å². The summed E-state index contributed by atoms with van der Waals surface area (Å²) in [5.41, 5.74) is 0.840. The van der Waals surface area contributed by atoms with Crippen LogP contribution in [0.15, 0.2) is 112 Å². The van der Waals surface area contributed by atoms with Crippen LogP contribution < -0.4 is 9.62 Å². The smallest absolute Gasteiger partial charge is 0.352 e. The Morgan fingerprint density at radius 2 is 1.53 bits per heavy atom. The molecule has 0 radical (unpaired) electrons. The van der Waals surface area contributed by atoms with Crippen LogP contribution in [0.4, 0.5) is 18.9 Å². The third kappa shape index (κ3) is 9.30. The summed E-state index contributed by atoms with van der Waals surface area (Å²) in [5.74, 6) is -1.13. The highest BCUT2D eigenvalue weighted by molar-refractivity contribution is 9.10. The first kappa shape index (κ1) is 36.1. The van der Waals surface area contributed by atoms with Gasteiger partial charge in [-0.25, -0.2) is 8.42 Å². The lowest BCUT2D eigenvalue weighted by molar-refractivity contribution is -0.140. The molecule has 0 aromatic heterocycles. The quantitative estimate of drug-likeness (QED) is 0.161. The van der Waals surface area contributed by atoms with E-state index in [1.165, 1.54) is 23.1 Å². The average Bonchev–Trinajstić information content (AvgIpc) is 3.59. The Morgan fingerprint density at radius 1 is 0.878 bits per heavy atom. The van der Waals surface area contributed by atoms with Gasteiger partial charge in [0.2, 0.25) is 11.8 Å². The zero-order valence-corrected chi connectivity index (χ0v) is 29.3. The molecule has 1 N–H and O–H groups in total. The Labute approximate surface area is 293 Å². The summed E-state index contributed by atoms with van der Waals surface area (Å²) in [6.07, 6.45) is -1.07. The fourth-order valence-corrected chi connectivity index (χ4v) is 7.58. The van der Waals surface area contributed by atoms with E-state index in [9.17, 15) is 31.2 Å². The van der Waals surface area contributed by atoms with Crippen LogP contribution in [0.2, 0.25) is 0 Å². The van der Waals surface area contributed by atoms with Gasteiger partial charge in [0, 0.05) is 23.5 Å². The Bertz CT molecular complexity index is 1850. The largest absolute Gasteiger partial charge is 0.416 e. The molecule has 0 saturated heterocycles. The number of hydrogen-bond donors (Lipinski definition) is 1. The van der Waals surface area contributed by atoms with E-state index in [0.29, 0.717) is 15.9 Å². The van der Waals surface area contributed by atoms with Crippen molar-refractivity contribution in [2.75, 3.05) is 10.8 Å². The van der Waals surface area contributed by atoms with Gasteiger partial charge in [-0.1, -0.05) is 95.0 Å². The predicted octanol–water partition coefficient (Wildman–Crippen LogP) is 7.67. The van der Waals surface area contributed by atoms with E-state index in [1.54, 1.807) is 43.3 Å². The minimum Gasteiger partial charge on any atom is -0.352 e. The molecule has 258 valence electrons. The van der Waals surface area contributed by atoms with Crippen molar-refractivity contribution in [1.29, 1.82) is 0 Å². The molecular weight excluding hydrogens is 719 g/mol. The fourth-order valence-electron chi connectivity index (χ4n) is 5.91. The molecule has 0 bridgehead atoms. The van der Waals surface area contributed by atoms with E-state index in [2.05, 4.69) is 21.2 Å². The van der Waals surface area contributed by atoms with Crippen LogP contribution in [-0.4, -0.2) is 43.8 Å². The van der Waals surface area contributed by atoms with Crippen LogP contribution in [0.5, 0.6) is 0 Å². The Hall–Kier alpha value is -4.16. The lowest BCUT2D eigenvalue weighted by atomic mass is 10.0. The number of amides is 2. The number of carbonyl (C=O) groups is 2. The third-order valence-electron chi connectivity index (χ3n) is 8.59. The number of anilines is 1. The van der Waals surface area contributed by atoms with Gasteiger partial charge in [-0.05, 0) is 73.4 Å². The van der Waals surface area contributed by atoms with Gasteiger partial charge in [0.05, 0.1) is 16.1 Å². The Balaban J connectivity index is 1.59. The highest BCUT2D eigenvalue weighted by atomic mass is 79.9. The first-order valence-electron chi connectivity index (χ1n) is 16.0. The van der Waals surface area contributed by atoms with Gasteiger partial charge in [-0.3, -0.25) is 13.9 Å². The van der Waals surface area contributed by atoms with Crippen LogP contribution in [0, 0.1) is 6.92 Å². The maximum atomic E-state index is 14.6. The molecule has 5 rings (SSSR count). The summed E-state index contributed by atoms with van der Waals surface area (Å²) in [6.45, 7) is 0.868. The van der Waals surface area contributed by atoms with Gasteiger partial charge in [0.1, 0.15) is 12.6 Å². The minimum atomic E-state index is -4.76. The Kier molecular flexibility index (Phi) is 11.5. The van der Waals surface area contributed by atoms with Crippen LogP contribution in [0.1, 0.15) is 47.9 Å². The summed E-state index contributed by atoms with van der Waals surface area (Å²) in [7, 11) is -4.55. The molecule has 0 unspecified atom stereocenters. The van der Waals surface area contributed by atoms with Crippen LogP contribution in [-0.2, 0) is 38.8 Å². The summed E-state index contributed by atoms with van der Waals surface area (Å²) >= 11 is 3.41. The van der Waals surface area contributed by atoms with E-state index in [4.69, 9.17) is 0 Å². The molecule has 1 fully saturated rings. The second-order valence-corrected chi connectivity index (χ2v) is 15.0. The maximum absolute atomic E-state index is 14.6. The maximum Gasteiger partial charge on any atom is 0.416 e. The number of rotatable bonds is 12. The number of benzene rings is 4. The lowest BCUT2D eigenvalue weighted by Gasteiger charge is -2.34.